The number of fused-ring (bicyclic) bond motifs is 3. The summed E-state index contributed by atoms with van der Waals surface area (Å²) in [4.78, 5) is 40.8. The van der Waals surface area contributed by atoms with E-state index in [1.165, 1.54) is 0 Å². The summed E-state index contributed by atoms with van der Waals surface area (Å²) in [6.07, 6.45) is -0.0294. The van der Waals surface area contributed by atoms with Crippen LogP contribution in [0.15, 0.2) is 53.0 Å². The van der Waals surface area contributed by atoms with Gasteiger partial charge in [-0.25, -0.2) is 0 Å². The van der Waals surface area contributed by atoms with Crippen LogP contribution in [-0.4, -0.2) is 62.7 Å². The summed E-state index contributed by atoms with van der Waals surface area (Å²) < 4.78 is 0. The highest BCUT2D eigenvalue weighted by Gasteiger charge is 2.59. The summed E-state index contributed by atoms with van der Waals surface area (Å²) in [6.45, 7) is 1.95. The number of aliphatic hydroxyl groups excluding tert-OH is 2. The zero-order valence-corrected chi connectivity index (χ0v) is 23.4. The molecule has 0 unspecified atom stereocenters. The lowest BCUT2D eigenvalue weighted by Gasteiger charge is -2.46. The first kappa shape index (κ1) is 28.1. The number of hydrogen-bond acceptors (Lipinski definition) is 9. The molecule has 12 heteroatoms. The quantitative estimate of drug-likeness (QED) is 0.161. The SMILES string of the molecule is Cc1ccc(NC(=S)Nc2cc(N(C)C)c3c(c2O)C(=O)C2=C(O)[C@]4(O)C(=O)C(C(N)=O)=C(O)C[C@@H]4C[C@@H]2C3)cc1. The molecule has 0 fully saturated rings. The molecule has 3 aliphatic rings. The highest BCUT2D eigenvalue weighted by molar-refractivity contribution is 7.80. The highest BCUT2D eigenvalue weighted by atomic mass is 32.1. The Morgan fingerprint density at radius 1 is 1.10 bits per heavy atom. The summed E-state index contributed by atoms with van der Waals surface area (Å²) in [5.41, 5.74) is 4.55. The Labute approximate surface area is 241 Å². The lowest BCUT2D eigenvalue weighted by Crippen LogP contribution is -2.57. The van der Waals surface area contributed by atoms with Crippen LogP contribution in [0.2, 0.25) is 0 Å². The average Bonchev–Trinajstić information content (AvgIpc) is 2.88. The molecule has 0 aromatic heterocycles. The molecule has 2 aromatic carbocycles. The van der Waals surface area contributed by atoms with Crippen LogP contribution in [0, 0.1) is 18.8 Å². The number of benzene rings is 2. The van der Waals surface area contributed by atoms with Gasteiger partial charge in [0, 0.05) is 43.4 Å². The lowest BCUT2D eigenvalue weighted by atomic mass is 9.60. The van der Waals surface area contributed by atoms with E-state index in [4.69, 9.17) is 18.0 Å². The van der Waals surface area contributed by atoms with Crippen molar-refractivity contribution in [2.24, 2.45) is 17.6 Å². The van der Waals surface area contributed by atoms with Crippen LogP contribution in [0.4, 0.5) is 17.1 Å². The van der Waals surface area contributed by atoms with Gasteiger partial charge < -0.3 is 41.7 Å². The van der Waals surface area contributed by atoms with Gasteiger partial charge in [0.05, 0.1) is 11.3 Å². The van der Waals surface area contributed by atoms with Gasteiger partial charge in [0.25, 0.3) is 5.91 Å². The average molecular weight is 579 g/mol. The number of allylic oxidation sites excluding steroid dienone is 2. The minimum absolute atomic E-state index is 0.0566. The first-order chi connectivity index (χ1) is 19.2. The minimum Gasteiger partial charge on any atom is -0.511 e. The molecule has 0 aliphatic heterocycles. The Morgan fingerprint density at radius 3 is 2.37 bits per heavy atom. The Balaban J connectivity index is 1.58. The van der Waals surface area contributed by atoms with Crippen LogP contribution in [-0.2, 0) is 16.0 Å². The molecule has 5 rings (SSSR count). The number of thiocarbonyl (C=S) groups is 1. The molecule has 3 atom stereocenters. The van der Waals surface area contributed by atoms with E-state index < -0.39 is 57.8 Å². The van der Waals surface area contributed by atoms with Gasteiger partial charge in [-0.2, -0.15) is 0 Å². The number of aliphatic hydroxyl groups is 3. The number of phenolic OH excluding ortho intramolecular Hbond substituents is 1. The number of nitrogens with zero attached hydrogens (tertiary/aromatic N) is 1. The van der Waals surface area contributed by atoms with Crippen LogP contribution < -0.4 is 21.3 Å². The number of rotatable bonds is 4. The fourth-order valence-electron chi connectivity index (χ4n) is 6.08. The van der Waals surface area contributed by atoms with E-state index in [0.717, 1.165) is 5.56 Å². The molecule has 11 nitrogen and oxygen atoms in total. The molecule has 214 valence electrons. The summed E-state index contributed by atoms with van der Waals surface area (Å²) in [6, 6.07) is 9.16. The topological polar surface area (TPSA) is 185 Å². The van der Waals surface area contributed by atoms with Crippen LogP contribution in [0.3, 0.4) is 0 Å². The third-order valence-corrected chi connectivity index (χ3v) is 8.28. The standard InChI is InChI=1S/C29H30N4O7S/c1-12-4-6-15(7-5-12)31-28(41)32-17-11-18(33(2)3)16-9-13-8-14-10-19(34)22(27(30)39)26(38)29(14,40)25(37)20(13)24(36)21(16)23(17)35/h4-7,11,13-14,34-35,37,40H,8-10H2,1-3H3,(H2,30,39)(H2,31,32,41)/t13-,14+,29+/m1/s1. The van der Waals surface area contributed by atoms with E-state index in [-0.39, 0.29) is 41.2 Å². The number of Topliss-reactive ketones (excluding diaryl/α,β-unsaturated/α-hetero) is 2. The third-order valence-electron chi connectivity index (χ3n) is 8.08. The molecule has 0 spiro atoms. The Morgan fingerprint density at radius 2 is 1.76 bits per heavy atom. The lowest BCUT2D eigenvalue weighted by molar-refractivity contribution is -0.144. The van der Waals surface area contributed by atoms with Crippen molar-refractivity contribution in [2.75, 3.05) is 29.6 Å². The van der Waals surface area contributed by atoms with E-state index in [1.807, 2.05) is 31.2 Å². The number of aryl methyl sites for hydroxylation is 1. The number of carbonyl (C=O) groups excluding carboxylic acids is 3. The molecule has 0 saturated heterocycles. The van der Waals surface area contributed by atoms with E-state index in [2.05, 4.69) is 10.6 Å². The summed E-state index contributed by atoms with van der Waals surface area (Å²) in [5.74, 6) is -6.78. The molecule has 0 radical (unpaired) electrons. The maximum absolute atomic E-state index is 14.0. The number of carbonyl (C=O) groups is 3. The monoisotopic (exact) mass is 578 g/mol. The van der Waals surface area contributed by atoms with Crippen molar-refractivity contribution in [1.29, 1.82) is 0 Å². The normalized spacial score (nSPS) is 23.4. The number of primary amides is 1. The van der Waals surface area contributed by atoms with Crippen molar-refractivity contribution in [3.8, 4) is 5.75 Å². The second-order valence-electron chi connectivity index (χ2n) is 10.9. The third kappa shape index (κ3) is 4.39. The first-order valence-electron chi connectivity index (χ1n) is 12.9. The van der Waals surface area contributed by atoms with Crippen molar-refractivity contribution in [1.82, 2.24) is 0 Å². The minimum atomic E-state index is -2.62. The zero-order chi connectivity index (χ0) is 30.0. The number of nitrogens with one attached hydrogen (secondary N) is 2. The number of ketones is 2. The largest absolute Gasteiger partial charge is 0.511 e. The molecule has 41 heavy (non-hydrogen) atoms. The highest BCUT2D eigenvalue weighted by Crippen LogP contribution is 2.53. The molecule has 1 amide bonds. The number of hydrogen-bond donors (Lipinski definition) is 7. The van der Waals surface area contributed by atoms with Gasteiger partial charge in [-0.05, 0) is 61.7 Å². The summed E-state index contributed by atoms with van der Waals surface area (Å²) in [5, 5.41) is 50.5. The van der Waals surface area contributed by atoms with Gasteiger partial charge >= 0.3 is 0 Å². The molecule has 0 bridgehead atoms. The van der Waals surface area contributed by atoms with Gasteiger partial charge in [-0.1, -0.05) is 17.7 Å². The Bertz CT molecular complexity index is 1600. The molecule has 8 N–H and O–H groups in total. The van der Waals surface area contributed by atoms with Crippen molar-refractivity contribution in [3.05, 3.63) is 69.7 Å². The van der Waals surface area contributed by atoms with Gasteiger partial charge in [0.1, 0.15) is 17.1 Å². The van der Waals surface area contributed by atoms with Crippen LogP contribution >= 0.6 is 12.2 Å². The maximum atomic E-state index is 14.0. The van der Waals surface area contributed by atoms with E-state index in [1.54, 1.807) is 25.1 Å². The summed E-state index contributed by atoms with van der Waals surface area (Å²) in [7, 11) is 3.56. The maximum Gasteiger partial charge on any atom is 0.255 e. The van der Waals surface area contributed by atoms with E-state index in [0.29, 0.717) is 16.9 Å². The molecular weight excluding hydrogens is 548 g/mol. The van der Waals surface area contributed by atoms with Gasteiger partial charge in [-0.15, -0.1) is 0 Å². The second-order valence-corrected chi connectivity index (χ2v) is 11.3. The summed E-state index contributed by atoms with van der Waals surface area (Å²) >= 11 is 5.43. The van der Waals surface area contributed by atoms with Crippen molar-refractivity contribution in [3.63, 3.8) is 0 Å². The van der Waals surface area contributed by atoms with Crippen molar-refractivity contribution in [2.45, 2.75) is 31.8 Å². The number of aromatic hydroxyl groups is 1. The van der Waals surface area contributed by atoms with E-state index in [9.17, 15) is 34.8 Å². The number of amides is 1. The fraction of sp³-hybridized carbons (Fsp3) is 0.310. The first-order valence-corrected chi connectivity index (χ1v) is 13.3. The number of nitrogens with two attached hydrogens (primary N) is 1. The molecule has 2 aromatic rings. The Hall–Kier alpha value is -4.42. The molecule has 0 saturated carbocycles. The molecular formula is C29H30N4O7S. The molecule has 3 aliphatic carbocycles. The fourth-order valence-corrected chi connectivity index (χ4v) is 6.31. The van der Waals surface area contributed by atoms with Crippen LogP contribution in [0.5, 0.6) is 5.75 Å². The van der Waals surface area contributed by atoms with Gasteiger partial charge in [0.2, 0.25) is 5.78 Å². The van der Waals surface area contributed by atoms with Crippen LogP contribution in [0.25, 0.3) is 0 Å². The van der Waals surface area contributed by atoms with Gasteiger partial charge in [0.15, 0.2) is 22.2 Å². The van der Waals surface area contributed by atoms with Crippen LogP contribution in [0.1, 0.15) is 34.3 Å². The van der Waals surface area contributed by atoms with Crippen molar-refractivity contribution < 1.29 is 34.8 Å². The zero-order valence-electron chi connectivity index (χ0n) is 22.6. The number of phenols is 1. The van der Waals surface area contributed by atoms with E-state index >= 15 is 0 Å². The smallest absolute Gasteiger partial charge is 0.255 e. The Kier molecular flexibility index (Phi) is 6.79. The second kappa shape index (κ2) is 9.89. The number of anilines is 3. The van der Waals surface area contributed by atoms with Gasteiger partial charge in [-0.3, -0.25) is 14.4 Å². The van der Waals surface area contributed by atoms with Crippen molar-refractivity contribution >= 4 is 51.9 Å². The molecule has 0 heterocycles. The predicted molar refractivity (Wildman–Crippen MR) is 156 cm³/mol. The predicted octanol–water partition coefficient (Wildman–Crippen LogP) is 2.76.